The molecule has 2 aliphatic heterocycles. The fourth-order valence-electron chi connectivity index (χ4n) is 3.04. The molecule has 2 fully saturated rings. The Bertz CT molecular complexity index is 303. The normalized spacial score (nSPS) is 29.3. The van der Waals surface area contributed by atoms with Gasteiger partial charge >= 0.3 is 0 Å². The Morgan fingerprint density at radius 3 is 2.78 bits per heavy atom. The van der Waals surface area contributed by atoms with Crippen LogP contribution in [0.3, 0.4) is 0 Å². The van der Waals surface area contributed by atoms with Crippen molar-refractivity contribution < 1.29 is 4.79 Å². The van der Waals surface area contributed by atoms with Gasteiger partial charge in [-0.3, -0.25) is 9.69 Å². The Hall–Kier alpha value is -0.610. The summed E-state index contributed by atoms with van der Waals surface area (Å²) in [6.07, 6.45) is 3.60. The van der Waals surface area contributed by atoms with E-state index in [1.54, 1.807) is 0 Å². The highest BCUT2D eigenvalue weighted by molar-refractivity contribution is 5.78. The average Bonchev–Trinajstić information content (AvgIpc) is 2.32. The average molecular weight is 253 g/mol. The summed E-state index contributed by atoms with van der Waals surface area (Å²) in [5, 5.41) is 3.40. The molecule has 0 saturated carbocycles. The number of nitrogens with zero attached hydrogens (tertiary/aromatic N) is 2. The van der Waals surface area contributed by atoms with Crippen LogP contribution in [0.2, 0.25) is 0 Å². The van der Waals surface area contributed by atoms with Crippen molar-refractivity contribution in [2.75, 3.05) is 32.7 Å². The molecule has 1 amide bonds. The number of piperazine rings is 1. The lowest BCUT2D eigenvalue weighted by Gasteiger charge is -2.44. The number of likely N-dealkylation sites (tertiary alicyclic amines) is 1. The SMILES string of the molecule is CC1CCCCN1C(=O)CN1CCNCC1(C)C. The lowest BCUT2D eigenvalue weighted by atomic mass is 9.99. The standard InChI is InChI=1S/C14H27N3O/c1-12-6-4-5-8-17(12)13(18)10-16-9-7-15-11-14(16,2)3/h12,15H,4-11H2,1-3H3. The molecular weight excluding hydrogens is 226 g/mol. The highest BCUT2D eigenvalue weighted by atomic mass is 16.2. The second-order valence-electron chi connectivity index (χ2n) is 6.34. The first-order valence-corrected chi connectivity index (χ1v) is 7.26. The Morgan fingerprint density at radius 1 is 1.33 bits per heavy atom. The number of amides is 1. The summed E-state index contributed by atoms with van der Waals surface area (Å²) in [5.41, 5.74) is 0.0902. The summed E-state index contributed by atoms with van der Waals surface area (Å²) < 4.78 is 0. The Labute approximate surface area is 111 Å². The quantitative estimate of drug-likeness (QED) is 0.799. The Kier molecular flexibility index (Phi) is 4.28. The summed E-state index contributed by atoms with van der Waals surface area (Å²) in [6.45, 7) is 11.1. The second-order valence-corrected chi connectivity index (χ2v) is 6.34. The molecule has 2 heterocycles. The third-order valence-corrected chi connectivity index (χ3v) is 4.42. The predicted octanol–water partition coefficient (Wildman–Crippen LogP) is 1.07. The highest BCUT2D eigenvalue weighted by Gasteiger charge is 2.33. The molecule has 2 saturated heterocycles. The van der Waals surface area contributed by atoms with E-state index in [4.69, 9.17) is 0 Å². The van der Waals surface area contributed by atoms with Crippen molar-refractivity contribution in [1.82, 2.24) is 15.1 Å². The van der Waals surface area contributed by atoms with Crippen molar-refractivity contribution in [3.8, 4) is 0 Å². The minimum atomic E-state index is 0.0902. The van der Waals surface area contributed by atoms with Gasteiger partial charge in [0.15, 0.2) is 0 Å². The van der Waals surface area contributed by atoms with Crippen LogP contribution < -0.4 is 5.32 Å². The van der Waals surface area contributed by atoms with Crippen molar-refractivity contribution >= 4 is 5.91 Å². The number of carbonyl (C=O) groups is 1. The van der Waals surface area contributed by atoms with E-state index >= 15 is 0 Å². The largest absolute Gasteiger partial charge is 0.339 e. The van der Waals surface area contributed by atoms with Gasteiger partial charge in [0.25, 0.3) is 0 Å². The molecule has 4 heteroatoms. The molecular formula is C14H27N3O. The van der Waals surface area contributed by atoms with E-state index in [0.717, 1.165) is 32.6 Å². The topological polar surface area (TPSA) is 35.6 Å². The number of piperidine rings is 1. The van der Waals surface area contributed by atoms with Gasteiger partial charge in [0.05, 0.1) is 6.54 Å². The molecule has 1 atom stereocenters. The molecule has 0 spiro atoms. The first-order chi connectivity index (χ1) is 8.50. The van der Waals surface area contributed by atoms with Gasteiger partial charge in [0, 0.05) is 37.8 Å². The van der Waals surface area contributed by atoms with Gasteiger partial charge in [-0.25, -0.2) is 0 Å². The molecule has 2 aliphatic rings. The minimum Gasteiger partial charge on any atom is -0.339 e. The number of carbonyl (C=O) groups excluding carboxylic acids is 1. The lowest BCUT2D eigenvalue weighted by Crippen LogP contribution is -2.60. The van der Waals surface area contributed by atoms with Gasteiger partial charge < -0.3 is 10.2 Å². The van der Waals surface area contributed by atoms with Crippen LogP contribution in [0, 0.1) is 0 Å². The van der Waals surface area contributed by atoms with Crippen LogP contribution in [-0.4, -0.2) is 60.0 Å². The van der Waals surface area contributed by atoms with E-state index < -0.39 is 0 Å². The fraction of sp³-hybridized carbons (Fsp3) is 0.929. The molecule has 0 aliphatic carbocycles. The van der Waals surface area contributed by atoms with Crippen LogP contribution in [0.5, 0.6) is 0 Å². The zero-order valence-electron chi connectivity index (χ0n) is 12.0. The van der Waals surface area contributed by atoms with Crippen molar-refractivity contribution in [2.24, 2.45) is 0 Å². The highest BCUT2D eigenvalue weighted by Crippen LogP contribution is 2.19. The molecule has 2 rings (SSSR count). The first-order valence-electron chi connectivity index (χ1n) is 7.26. The summed E-state index contributed by atoms with van der Waals surface area (Å²) in [4.78, 5) is 16.8. The van der Waals surface area contributed by atoms with Gasteiger partial charge in [0.2, 0.25) is 5.91 Å². The number of nitrogens with one attached hydrogen (secondary N) is 1. The molecule has 104 valence electrons. The molecule has 0 aromatic carbocycles. The maximum Gasteiger partial charge on any atom is 0.237 e. The van der Waals surface area contributed by atoms with Gasteiger partial charge in [-0.2, -0.15) is 0 Å². The molecule has 0 aromatic heterocycles. The van der Waals surface area contributed by atoms with Crippen molar-refractivity contribution in [3.05, 3.63) is 0 Å². The van der Waals surface area contributed by atoms with E-state index in [0.29, 0.717) is 18.5 Å². The molecule has 0 radical (unpaired) electrons. The van der Waals surface area contributed by atoms with Gasteiger partial charge in [-0.1, -0.05) is 0 Å². The molecule has 1 unspecified atom stereocenters. The van der Waals surface area contributed by atoms with Gasteiger partial charge in [0.1, 0.15) is 0 Å². The Balaban J connectivity index is 1.93. The minimum absolute atomic E-state index is 0.0902. The van der Waals surface area contributed by atoms with Crippen LogP contribution in [0.1, 0.15) is 40.0 Å². The van der Waals surface area contributed by atoms with Crippen LogP contribution in [0.4, 0.5) is 0 Å². The Morgan fingerprint density at radius 2 is 2.11 bits per heavy atom. The van der Waals surface area contributed by atoms with Gasteiger partial charge in [-0.05, 0) is 40.0 Å². The summed E-state index contributed by atoms with van der Waals surface area (Å²) >= 11 is 0. The van der Waals surface area contributed by atoms with Crippen LogP contribution in [0.15, 0.2) is 0 Å². The van der Waals surface area contributed by atoms with E-state index in [1.807, 2.05) is 0 Å². The van der Waals surface area contributed by atoms with Crippen LogP contribution in [0.25, 0.3) is 0 Å². The second kappa shape index (κ2) is 5.57. The third kappa shape index (κ3) is 3.04. The van der Waals surface area contributed by atoms with E-state index in [-0.39, 0.29) is 5.54 Å². The third-order valence-electron chi connectivity index (χ3n) is 4.42. The maximum absolute atomic E-state index is 12.4. The fourth-order valence-corrected chi connectivity index (χ4v) is 3.04. The number of rotatable bonds is 2. The molecule has 18 heavy (non-hydrogen) atoms. The van der Waals surface area contributed by atoms with E-state index in [9.17, 15) is 4.79 Å². The summed E-state index contributed by atoms with van der Waals surface area (Å²) in [5.74, 6) is 0.317. The van der Waals surface area contributed by atoms with Crippen LogP contribution >= 0.6 is 0 Å². The van der Waals surface area contributed by atoms with Crippen LogP contribution in [-0.2, 0) is 4.79 Å². The van der Waals surface area contributed by atoms with Crippen molar-refractivity contribution in [3.63, 3.8) is 0 Å². The lowest BCUT2D eigenvalue weighted by molar-refractivity contribution is -0.137. The number of hydrogen-bond acceptors (Lipinski definition) is 3. The van der Waals surface area contributed by atoms with Crippen molar-refractivity contribution in [1.29, 1.82) is 0 Å². The molecule has 4 nitrogen and oxygen atoms in total. The predicted molar refractivity (Wildman–Crippen MR) is 73.5 cm³/mol. The zero-order valence-corrected chi connectivity index (χ0v) is 12.0. The molecule has 0 bridgehead atoms. The van der Waals surface area contributed by atoms with Gasteiger partial charge in [-0.15, -0.1) is 0 Å². The molecule has 1 N–H and O–H groups in total. The maximum atomic E-state index is 12.4. The zero-order chi connectivity index (χ0) is 13.2. The smallest absolute Gasteiger partial charge is 0.237 e. The van der Waals surface area contributed by atoms with E-state index in [1.165, 1.54) is 12.8 Å². The van der Waals surface area contributed by atoms with Crippen molar-refractivity contribution in [2.45, 2.75) is 51.6 Å². The number of hydrogen-bond donors (Lipinski definition) is 1. The van der Waals surface area contributed by atoms with E-state index in [2.05, 4.69) is 35.9 Å². The molecule has 0 aromatic rings. The first kappa shape index (κ1) is 13.8. The summed E-state index contributed by atoms with van der Waals surface area (Å²) in [7, 11) is 0. The monoisotopic (exact) mass is 253 g/mol. The summed E-state index contributed by atoms with van der Waals surface area (Å²) in [6, 6.07) is 0.428.